The Balaban J connectivity index is 1.91. The molecule has 0 aliphatic carbocycles. The van der Waals surface area contributed by atoms with Crippen molar-refractivity contribution in [1.29, 1.82) is 5.26 Å². The third-order valence-electron chi connectivity index (χ3n) is 4.80. The lowest BCUT2D eigenvalue weighted by Gasteiger charge is -2.14. The highest BCUT2D eigenvalue weighted by Gasteiger charge is 2.13. The van der Waals surface area contributed by atoms with Crippen molar-refractivity contribution in [3.63, 3.8) is 0 Å². The molecule has 142 valence electrons. The Labute approximate surface area is 166 Å². The van der Waals surface area contributed by atoms with Gasteiger partial charge in [-0.05, 0) is 42.5 Å². The van der Waals surface area contributed by atoms with Gasteiger partial charge in [0.25, 0.3) is 0 Å². The van der Waals surface area contributed by atoms with Crippen LogP contribution < -0.4 is 11.3 Å². The lowest BCUT2D eigenvalue weighted by Crippen LogP contribution is -2.15. The molecule has 3 N–H and O–H groups in total. The molecule has 0 saturated heterocycles. The first-order valence-electron chi connectivity index (χ1n) is 9.57. The van der Waals surface area contributed by atoms with Gasteiger partial charge in [-0.2, -0.15) is 5.26 Å². The van der Waals surface area contributed by atoms with Gasteiger partial charge >= 0.3 is 0 Å². The van der Waals surface area contributed by atoms with Crippen LogP contribution in [0, 0.1) is 18.3 Å². The monoisotopic (exact) mass is 371 g/mol. The van der Waals surface area contributed by atoms with Crippen LogP contribution in [0.3, 0.4) is 0 Å². The fourth-order valence-electron chi connectivity index (χ4n) is 3.35. The van der Waals surface area contributed by atoms with E-state index in [2.05, 4.69) is 52.7 Å². The van der Waals surface area contributed by atoms with Crippen LogP contribution in [-0.4, -0.2) is 9.97 Å². The standard InChI is InChI=1S/C23H25N5/c1-3-4-9-22-21(23(28-25)27-16(2)26-22)14-17-10-12-18(13-11-17)20-8-6-5-7-19(20)15-24/h5-8,10-13H,3-4,9,14,25H2,1-2H3,(H,26,27,28). The van der Waals surface area contributed by atoms with Gasteiger partial charge < -0.3 is 5.43 Å². The van der Waals surface area contributed by atoms with Crippen LogP contribution in [0.5, 0.6) is 0 Å². The fourth-order valence-corrected chi connectivity index (χ4v) is 3.35. The summed E-state index contributed by atoms with van der Waals surface area (Å²) in [6.45, 7) is 4.06. The Hall–Kier alpha value is -3.23. The van der Waals surface area contributed by atoms with Gasteiger partial charge in [-0.3, -0.25) is 0 Å². The maximum absolute atomic E-state index is 9.33. The summed E-state index contributed by atoms with van der Waals surface area (Å²) >= 11 is 0. The van der Waals surface area contributed by atoms with E-state index in [1.165, 1.54) is 0 Å². The number of aryl methyl sites for hydroxylation is 2. The molecule has 28 heavy (non-hydrogen) atoms. The second-order valence-corrected chi connectivity index (χ2v) is 6.82. The fraction of sp³-hybridized carbons (Fsp3) is 0.261. The van der Waals surface area contributed by atoms with Gasteiger partial charge in [0, 0.05) is 17.7 Å². The number of nitriles is 1. The van der Waals surface area contributed by atoms with E-state index in [9.17, 15) is 5.26 Å². The quantitative estimate of drug-likeness (QED) is 0.470. The van der Waals surface area contributed by atoms with Crippen LogP contribution in [0.1, 0.15) is 48.0 Å². The number of nitrogen functional groups attached to an aromatic ring is 1. The van der Waals surface area contributed by atoms with Crippen LogP contribution in [0.15, 0.2) is 48.5 Å². The van der Waals surface area contributed by atoms with Crippen molar-refractivity contribution in [3.8, 4) is 17.2 Å². The van der Waals surface area contributed by atoms with Crippen molar-refractivity contribution in [2.45, 2.75) is 39.5 Å². The van der Waals surface area contributed by atoms with Gasteiger partial charge in [0.2, 0.25) is 0 Å². The normalized spacial score (nSPS) is 10.5. The maximum atomic E-state index is 9.33. The van der Waals surface area contributed by atoms with Gasteiger partial charge in [0.1, 0.15) is 11.6 Å². The van der Waals surface area contributed by atoms with E-state index in [4.69, 9.17) is 5.84 Å². The lowest BCUT2D eigenvalue weighted by molar-refractivity contribution is 0.757. The molecule has 0 aliphatic rings. The molecule has 1 heterocycles. The van der Waals surface area contributed by atoms with E-state index in [0.29, 0.717) is 17.8 Å². The Kier molecular flexibility index (Phi) is 6.36. The van der Waals surface area contributed by atoms with Gasteiger partial charge in [-0.25, -0.2) is 15.8 Å². The predicted octanol–water partition coefficient (Wildman–Crippen LogP) is 4.54. The van der Waals surface area contributed by atoms with Crippen LogP contribution >= 0.6 is 0 Å². The maximum Gasteiger partial charge on any atom is 0.147 e. The lowest BCUT2D eigenvalue weighted by atomic mass is 9.96. The van der Waals surface area contributed by atoms with E-state index in [1.54, 1.807) is 0 Å². The van der Waals surface area contributed by atoms with Crippen molar-refractivity contribution in [2.24, 2.45) is 5.84 Å². The van der Waals surface area contributed by atoms with Gasteiger partial charge in [0.05, 0.1) is 11.6 Å². The number of nitrogens with two attached hydrogens (primary N) is 1. The molecule has 0 bridgehead atoms. The van der Waals surface area contributed by atoms with E-state index in [1.807, 2.05) is 31.2 Å². The highest BCUT2D eigenvalue weighted by atomic mass is 15.3. The summed E-state index contributed by atoms with van der Waals surface area (Å²) in [5, 5.41) is 9.33. The minimum atomic E-state index is 0.679. The number of nitrogens with zero attached hydrogens (tertiary/aromatic N) is 3. The molecular weight excluding hydrogens is 346 g/mol. The summed E-state index contributed by atoms with van der Waals surface area (Å²) < 4.78 is 0. The van der Waals surface area contributed by atoms with E-state index < -0.39 is 0 Å². The number of nitrogens with one attached hydrogen (secondary N) is 1. The van der Waals surface area contributed by atoms with Crippen LogP contribution in [0.2, 0.25) is 0 Å². The molecule has 2 aromatic carbocycles. The number of benzene rings is 2. The number of anilines is 1. The van der Waals surface area contributed by atoms with Gasteiger partial charge in [0.15, 0.2) is 0 Å². The minimum absolute atomic E-state index is 0.679. The smallest absolute Gasteiger partial charge is 0.147 e. The van der Waals surface area contributed by atoms with Crippen molar-refractivity contribution in [1.82, 2.24) is 9.97 Å². The third-order valence-corrected chi connectivity index (χ3v) is 4.80. The average Bonchev–Trinajstić information content (AvgIpc) is 2.74. The average molecular weight is 371 g/mol. The molecule has 0 radical (unpaired) electrons. The zero-order valence-electron chi connectivity index (χ0n) is 16.4. The molecule has 0 saturated carbocycles. The Morgan fingerprint density at radius 2 is 1.82 bits per heavy atom. The summed E-state index contributed by atoms with van der Waals surface area (Å²) in [6, 6.07) is 18.2. The number of aromatic nitrogens is 2. The van der Waals surface area contributed by atoms with Crippen LogP contribution in [-0.2, 0) is 12.8 Å². The van der Waals surface area contributed by atoms with Gasteiger partial charge in [-0.15, -0.1) is 0 Å². The molecule has 0 spiro atoms. The Morgan fingerprint density at radius 3 is 2.50 bits per heavy atom. The van der Waals surface area contributed by atoms with Crippen molar-refractivity contribution in [3.05, 3.63) is 76.7 Å². The molecule has 0 unspecified atom stereocenters. The van der Waals surface area contributed by atoms with Crippen LogP contribution in [0.4, 0.5) is 5.82 Å². The third kappa shape index (κ3) is 4.36. The van der Waals surface area contributed by atoms with Crippen LogP contribution in [0.25, 0.3) is 11.1 Å². The second kappa shape index (κ2) is 9.12. The molecular formula is C23H25N5. The molecule has 0 atom stereocenters. The number of hydrogen-bond donors (Lipinski definition) is 2. The van der Waals surface area contributed by atoms with Crippen molar-refractivity contribution in [2.75, 3.05) is 5.43 Å². The topological polar surface area (TPSA) is 87.6 Å². The largest absolute Gasteiger partial charge is 0.308 e. The minimum Gasteiger partial charge on any atom is -0.308 e. The molecule has 3 aromatic rings. The van der Waals surface area contributed by atoms with Gasteiger partial charge in [-0.1, -0.05) is 55.8 Å². The Bertz CT molecular complexity index is 987. The molecule has 5 nitrogen and oxygen atoms in total. The first-order valence-corrected chi connectivity index (χ1v) is 9.57. The van der Waals surface area contributed by atoms with E-state index >= 15 is 0 Å². The molecule has 0 fully saturated rings. The van der Waals surface area contributed by atoms with Crippen molar-refractivity contribution < 1.29 is 0 Å². The number of hydrogen-bond acceptors (Lipinski definition) is 5. The predicted molar refractivity (Wildman–Crippen MR) is 113 cm³/mol. The first kappa shape index (κ1) is 19.5. The van der Waals surface area contributed by atoms with E-state index in [-0.39, 0.29) is 0 Å². The summed E-state index contributed by atoms with van der Waals surface area (Å²) in [6.07, 6.45) is 3.81. The summed E-state index contributed by atoms with van der Waals surface area (Å²) in [4.78, 5) is 9.12. The Morgan fingerprint density at radius 1 is 1.07 bits per heavy atom. The molecule has 0 aliphatic heterocycles. The zero-order valence-corrected chi connectivity index (χ0v) is 16.4. The summed E-state index contributed by atoms with van der Waals surface area (Å²) in [7, 11) is 0. The molecule has 3 rings (SSSR count). The van der Waals surface area contributed by atoms with E-state index in [0.717, 1.165) is 53.0 Å². The number of rotatable bonds is 7. The SMILES string of the molecule is CCCCc1nc(C)nc(NN)c1Cc1ccc(-c2ccccc2C#N)cc1. The summed E-state index contributed by atoms with van der Waals surface area (Å²) in [5.74, 6) is 7.15. The molecule has 1 aromatic heterocycles. The second-order valence-electron chi connectivity index (χ2n) is 6.82. The summed E-state index contributed by atoms with van der Waals surface area (Å²) in [5.41, 5.74) is 8.65. The van der Waals surface area contributed by atoms with Crippen molar-refractivity contribution >= 4 is 5.82 Å². The molecule has 0 amide bonds. The number of hydrazine groups is 1. The zero-order chi connectivity index (χ0) is 19.9. The first-order chi connectivity index (χ1) is 13.7. The highest BCUT2D eigenvalue weighted by molar-refractivity contribution is 5.70. The molecule has 5 heteroatoms. The number of unbranched alkanes of at least 4 members (excludes halogenated alkanes) is 1. The highest BCUT2D eigenvalue weighted by Crippen LogP contribution is 2.26.